The zero-order chi connectivity index (χ0) is 11.9. The van der Waals surface area contributed by atoms with E-state index in [2.05, 4.69) is 48.4 Å². The summed E-state index contributed by atoms with van der Waals surface area (Å²) in [5, 5.41) is 4.96. The normalized spacial score (nSPS) is 23.9. The minimum Gasteiger partial charge on any atom is -0.358 e. The van der Waals surface area contributed by atoms with Crippen molar-refractivity contribution in [1.29, 1.82) is 0 Å². The second-order valence-electron chi connectivity index (χ2n) is 5.44. The molecular formula is C15H20N2. The van der Waals surface area contributed by atoms with Crippen LogP contribution in [0.1, 0.15) is 37.9 Å². The Morgan fingerprint density at radius 2 is 2.12 bits per heavy atom. The van der Waals surface area contributed by atoms with Gasteiger partial charge in [-0.15, -0.1) is 0 Å². The van der Waals surface area contributed by atoms with Gasteiger partial charge in [0.1, 0.15) is 0 Å². The summed E-state index contributed by atoms with van der Waals surface area (Å²) in [7, 11) is 0. The van der Waals surface area contributed by atoms with Crippen LogP contribution in [0.3, 0.4) is 0 Å². The molecule has 2 heteroatoms. The van der Waals surface area contributed by atoms with E-state index in [0.29, 0.717) is 0 Å². The fraction of sp³-hybridized carbons (Fsp3) is 0.467. The van der Waals surface area contributed by atoms with Crippen LogP contribution in [0, 0.1) is 0 Å². The molecule has 1 aliphatic rings. The van der Waals surface area contributed by atoms with E-state index in [1.54, 1.807) is 0 Å². The number of aromatic amines is 1. The molecule has 1 unspecified atom stereocenters. The number of para-hydroxylation sites is 1. The van der Waals surface area contributed by atoms with Crippen molar-refractivity contribution >= 4 is 10.9 Å². The van der Waals surface area contributed by atoms with Gasteiger partial charge in [-0.3, -0.25) is 0 Å². The molecule has 3 rings (SSSR count). The molecule has 0 spiro atoms. The molecule has 1 aromatic heterocycles. The van der Waals surface area contributed by atoms with Gasteiger partial charge in [0, 0.05) is 35.1 Å². The van der Waals surface area contributed by atoms with Crippen molar-refractivity contribution in [3.8, 4) is 0 Å². The van der Waals surface area contributed by atoms with Crippen molar-refractivity contribution in [2.24, 2.45) is 0 Å². The van der Waals surface area contributed by atoms with E-state index < -0.39 is 0 Å². The van der Waals surface area contributed by atoms with E-state index in [4.69, 9.17) is 0 Å². The predicted molar refractivity (Wildman–Crippen MR) is 72.3 cm³/mol. The van der Waals surface area contributed by atoms with Crippen LogP contribution in [0.25, 0.3) is 10.9 Å². The highest BCUT2D eigenvalue weighted by atomic mass is 14.9. The molecule has 2 N–H and O–H groups in total. The minimum atomic E-state index is 0.265. The molecule has 0 fully saturated rings. The molecule has 1 aromatic carbocycles. The predicted octanol–water partition coefficient (Wildman–Crippen LogP) is 3.33. The van der Waals surface area contributed by atoms with Crippen LogP contribution in [0.4, 0.5) is 0 Å². The van der Waals surface area contributed by atoms with Crippen LogP contribution in [0.2, 0.25) is 0 Å². The van der Waals surface area contributed by atoms with Crippen molar-refractivity contribution in [1.82, 2.24) is 10.3 Å². The molecule has 1 aliphatic heterocycles. The molecule has 2 nitrogen and oxygen atoms in total. The lowest BCUT2D eigenvalue weighted by molar-refractivity contribution is 0.364. The lowest BCUT2D eigenvalue weighted by atomic mass is 9.78. The van der Waals surface area contributed by atoms with Gasteiger partial charge in [0.2, 0.25) is 0 Å². The minimum absolute atomic E-state index is 0.265. The highest BCUT2D eigenvalue weighted by molar-refractivity contribution is 5.85. The van der Waals surface area contributed by atoms with E-state index in [1.807, 2.05) is 0 Å². The molecule has 2 heterocycles. The number of H-pyrrole nitrogens is 1. The first-order valence-corrected chi connectivity index (χ1v) is 6.55. The number of hydrogen-bond acceptors (Lipinski definition) is 1. The Balaban J connectivity index is 2.20. The highest BCUT2D eigenvalue weighted by Crippen LogP contribution is 2.37. The van der Waals surface area contributed by atoms with Gasteiger partial charge in [0.15, 0.2) is 0 Å². The smallest absolute Gasteiger partial charge is 0.0459 e. The molecule has 0 saturated heterocycles. The Kier molecular flexibility index (Phi) is 2.48. The molecule has 90 valence electrons. The Morgan fingerprint density at radius 1 is 1.29 bits per heavy atom. The third-order valence-electron chi connectivity index (χ3n) is 4.04. The van der Waals surface area contributed by atoms with E-state index in [1.165, 1.54) is 35.0 Å². The van der Waals surface area contributed by atoms with Crippen LogP contribution in [-0.2, 0) is 12.0 Å². The van der Waals surface area contributed by atoms with Crippen molar-refractivity contribution in [2.75, 3.05) is 6.54 Å². The summed E-state index contributed by atoms with van der Waals surface area (Å²) < 4.78 is 0. The van der Waals surface area contributed by atoms with Crippen LogP contribution < -0.4 is 5.32 Å². The third-order valence-corrected chi connectivity index (χ3v) is 4.04. The van der Waals surface area contributed by atoms with E-state index >= 15 is 0 Å². The number of hydrogen-bond donors (Lipinski definition) is 2. The molecule has 17 heavy (non-hydrogen) atoms. The molecule has 0 radical (unpaired) electrons. The molecule has 0 aliphatic carbocycles. The first-order chi connectivity index (χ1) is 8.24. The van der Waals surface area contributed by atoms with Gasteiger partial charge >= 0.3 is 0 Å². The lowest BCUT2D eigenvalue weighted by Gasteiger charge is -2.34. The average molecular weight is 228 g/mol. The van der Waals surface area contributed by atoms with Crippen LogP contribution >= 0.6 is 0 Å². The molecule has 0 saturated carbocycles. The number of rotatable bonds is 2. The van der Waals surface area contributed by atoms with Crippen LogP contribution in [0.15, 0.2) is 24.3 Å². The fourth-order valence-electron chi connectivity index (χ4n) is 3.22. The fourth-order valence-corrected chi connectivity index (χ4v) is 3.22. The Labute approximate surface area is 102 Å². The molecule has 1 atom stereocenters. The molecule has 0 bridgehead atoms. The maximum absolute atomic E-state index is 3.65. The highest BCUT2D eigenvalue weighted by Gasteiger charge is 2.33. The summed E-state index contributed by atoms with van der Waals surface area (Å²) in [5.74, 6) is 0. The Bertz CT molecular complexity index is 541. The number of aromatic nitrogens is 1. The maximum atomic E-state index is 3.65. The topological polar surface area (TPSA) is 27.8 Å². The van der Waals surface area contributed by atoms with Gasteiger partial charge in [-0.25, -0.2) is 0 Å². The number of nitrogens with one attached hydrogen (secondary N) is 2. The quantitative estimate of drug-likeness (QED) is 0.810. The summed E-state index contributed by atoms with van der Waals surface area (Å²) in [6, 6.07) is 8.64. The van der Waals surface area contributed by atoms with Crippen molar-refractivity contribution in [3.63, 3.8) is 0 Å². The average Bonchev–Trinajstić information content (AvgIpc) is 2.70. The van der Waals surface area contributed by atoms with Gasteiger partial charge in [0.25, 0.3) is 0 Å². The SMILES string of the molecule is CCCC1(C)CNCc2c1[nH]c1ccccc21. The molecular weight excluding hydrogens is 208 g/mol. The summed E-state index contributed by atoms with van der Waals surface area (Å²) in [5.41, 5.74) is 4.48. The van der Waals surface area contributed by atoms with Gasteiger partial charge < -0.3 is 10.3 Å². The second kappa shape index (κ2) is 3.88. The lowest BCUT2D eigenvalue weighted by Crippen LogP contribution is -2.40. The summed E-state index contributed by atoms with van der Waals surface area (Å²) >= 11 is 0. The van der Waals surface area contributed by atoms with Gasteiger partial charge in [0.05, 0.1) is 0 Å². The van der Waals surface area contributed by atoms with Gasteiger partial charge in [-0.2, -0.15) is 0 Å². The van der Waals surface area contributed by atoms with Crippen molar-refractivity contribution in [2.45, 2.75) is 38.6 Å². The Hall–Kier alpha value is -1.28. The van der Waals surface area contributed by atoms with Crippen molar-refractivity contribution in [3.05, 3.63) is 35.5 Å². The zero-order valence-electron chi connectivity index (χ0n) is 10.6. The summed E-state index contributed by atoms with van der Waals surface area (Å²) in [4.78, 5) is 3.65. The molecule has 2 aromatic rings. The second-order valence-corrected chi connectivity index (χ2v) is 5.44. The Morgan fingerprint density at radius 3 is 2.94 bits per heavy atom. The third kappa shape index (κ3) is 1.59. The summed E-state index contributed by atoms with van der Waals surface area (Å²) in [6.45, 7) is 6.72. The van der Waals surface area contributed by atoms with Gasteiger partial charge in [-0.1, -0.05) is 38.5 Å². The van der Waals surface area contributed by atoms with E-state index in [-0.39, 0.29) is 5.41 Å². The first kappa shape index (κ1) is 10.8. The van der Waals surface area contributed by atoms with Crippen LogP contribution in [0.5, 0.6) is 0 Å². The molecule has 0 amide bonds. The number of fused-ring (bicyclic) bond motifs is 3. The van der Waals surface area contributed by atoms with Crippen molar-refractivity contribution < 1.29 is 0 Å². The van der Waals surface area contributed by atoms with Crippen LogP contribution in [-0.4, -0.2) is 11.5 Å². The number of benzene rings is 1. The maximum Gasteiger partial charge on any atom is 0.0459 e. The monoisotopic (exact) mass is 228 g/mol. The van der Waals surface area contributed by atoms with Gasteiger partial charge in [-0.05, 0) is 18.1 Å². The van der Waals surface area contributed by atoms with E-state index in [9.17, 15) is 0 Å². The summed E-state index contributed by atoms with van der Waals surface area (Å²) in [6.07, 6.45) is 2.47. The standard InChI is InChI=1S/C15H20N2/c1-3-8-15(2)10-16-9-12-11-6-4-5-7-13(11)17-14(12)15/h4-7,16-17H,3,8-10H2,1-2H3. The van der Waals surface area contributed by atoms with E-state index in [0.717, 1.165) is 13.1 Å². The zero-order valence-corrected chi connectivity index (χ0v) is 10.6. The largest absolute Gasteiger partial charge is 0.358 e. The first-order valence-electron chi connectivity index (χ1n) is 6.55.